The standard InChI is InChI=1S/C13H14F2O2/c1-8-4-9(7-17-13(8)6-16)11-3-2-10(14)5-12(11)15/h2-3,5,7-8,13,16H,4,6H2,1H3/t8-,13-/m0/s1. The largest absolute Gasteiger partial charge is 0.495 e. The summed E-state index contributed by atoms with van der Waals surface area (Å²) in [5.74, 6) is -1.08. The van der Waals surface area contributed by atoms with Crippen LogP contribution < -0.4 is 0 Å². The number of aliphatic hydroxyl groups is 1. The van der Waals surface area contributed by atoms with Gasteiger partial charge in [0.25, 0.3) is 0 Å². The Morgan fingerprint density at radius 3 is 2.76 bits per heavy atom. The molecule has 0 radical (unpaired) electrons. The lowest BCUT2D eigenvalue weighted by molar-refractivity contribution is 0.0318. The Morgan fingerprint density at radius 2 is 2.18 bits per heavy atom. The molecule has 0 aromatic heterocycles. The molecule has 1 aliphatic rings. The number of benzene rings is 1. The highest BCUT2D eigenvalue weighted by Gasteiger charge is 2.24. The number of halogens is 2. The fraction of sp³-hybridized carbons (Fsp3) is 0.385. The van der Waals surface area contributed by atoms with E-state index in [0.717, 1.165) is 6.07 Å². The van der Waals surface area contributed by atoms with Gasteiger partial charge in [-0.2, -0.15) is 0 Å². The van der Waals surface area contributed by atoms with Gasteiger partial charge in [0, 0.05) is 11.6 Å². The topological polar surface area (TPSA) is 29.5 Å². The van der Waals surface area contributed by atoms with Gasteiger partial charge in [-0.1, -0.05) is 6.92 Å². The van der Waals surface area contributed by atoms with Crippen LogP contribution in [0.1, 0.15) is 18.9 Å². The van der Waals surface area contributed by atoms with Gasteiger partial charge in [-0.3, -0.25) is 0 Å². The van der Waals surface area contributed by atoms with Crippen LogP contribution in [0.15, 0.2) is 24.5 Å². The van der Waals surface area contributed by atoms with Gasteiger partial charge in [0.05, 0.1) is 12.9 Å². The van der Waals surface area contributed by atoms with Crippen molar-refractivity contribution in [3.63, 3.8) is 0 Å². The van der Waals surface area contributed by atoms with E-state index < -0.39 is 11.6 Å². The molecule has 2 atom stereocenters. The Labute approximate surface area is 98.5 Å². The molecule has 1 aliphatic heterocycles. The van der Waals surface area contributed by atoms with E-state index in [1.807, 2.05) is 6.92 Å². The summed E-state index contributed by atoms with van der Waals surface area (Å²) in [6.45, 7) is 1.87. The molecule has 0 fully saturated rings. The normalized spacial score (nSPS) is 24.1. The van der Waals surface area contributed by atoms with Gasteiger partial charge in [-0.25, -0.2) is 8.78 Å². The molecule has 17 heavy (non-hydrogen) atoms. The van der Waals surface area contributed by atoms with Gasteiger partial charge in [-0.15, -0.1) is 0 Å². The second kappa shape index (κ2) is 4.84. The number of hydrogen-bond donors (Lipinski definition) is 1. The summed E-state index contributed by atoms with van der Waals surface area (Å²) < 4.78 is 31.7. The van der Waals surface area contributed by atoms with Gasteiger partial charge in [0.2, 0.25) is 0 Å². The molecule has 0 unspecified atom stereocenters. The number of aliphatic hydroxyl groups excluding tert-OH is 1. The van der Waals surface area contributed by atoms with Crippen LogP contribution in [-0.4, -0.2) is 17.8 Å². The van der Waals surface area contributed by atoms with Crippen molar-refractivity contribution in [1.82, 2.24) is 0 Å². The SMILES string of the molecule is C[C@H]1CC(c2ccc(F)cc2F)=CO[C@H]1CO. The maximum Gasteiger partial charge on any atom is 0.133 e. The van der Waals surface area contributed by atoms with Crippen molar-refractivity contribution in [3.05, 3.63) is 41.7 Å². The molecule has 0 saturated carbocycles. The first-order valence-electron chi connectivity index (χ1n) is 5.52. The molecule has 4 heteroatoms. The second-order valence-corrected chi connectivity index (χ2v) is 4.31. The summed E-state index contributed by atoms with van der Waals surface area (Å²) in [6, 6.07) is 3.49. The minimum Gasteiger partial charge on any atom is -0.495 e. The quantitative estimate of drug-likeness (QED) is 0.861. The number of rotatable bonds is 2. The number of allylic oxidation sites excluding steroid dienone is 1. The van der Waals surface area contributed by atoms with Crippen molar-refractivity contribution in [2.24, 2.45) is 5.92 Å². The van der Waals surface area contributed by atoms with Gasteiger partial charge >= 0.3 is 0 Å². The Kier molecular flexibility index (Phi) is 3.43. The first-order valence-corrected chi connectivity index (χ1v) is 5.52. The molecule has 0 amide bonds. The van der Waals surface area contributed by atoms with Gasteiger partial charge in [-0.05, 0) is 30.0 Å². The first kappa shape index (κ1) is 12.0. The van der Waals surface area contributed by atoms with Crippen LogP contribution >= 0.6 is 0 Å². The van der Waals surface area contributed by atoms with Crippen LogP contribution in [0.25, 0.3) is 5.57 Å². The monoisotopic (exact) mass is 240 g/mol. The van der Waals surface area contributed by atoms with E-state index in [1.54, 1.807) is 0 Å². The highest BCUT2D eigenvalue weighted by Crippen LogP contribution is 2.31. The molecular weight excluding hydrogens is 226 g/mol. The van der Waals surface area contributed by atoms with Crippen molar-refractivity contribution < 1.29 is 18.6 Å². The van der Waals surface area contributed by atoms with Gasteiger partial charge < -0.3 is 9.84 Å². The fourth-order valence-corrected chi connectivity index (χ4v) is 1.98. The maximum atomic E-state index is 13.6. The highest BCUT2D eigenvalue weighted by atomic mass is 19.1. The summed E-state index contributed by atoms with van der Waals surface area (Å²) in [6.07, 6.45) is 1.81. The zero-order valence-electron chi connectivity index (χ0n) is 9.49. The molecule has 0 bridgehead atoms. The Hall–Kier alpha value is -1.42. The zero-order valence-corrected chi connectivity index (χ0v) is 9.49. The van der Waals surface area contributed by atoms with E-state index >= 15 is 0 Å². The van der Waals surface area contributed by atoms with Crippen LogP contribution in [0.2, 0.25) is 0 Å². The van der Waals surface area contributed by atoms with Crippen molar-refractivity contribution in [2.45, 2.75) is 19.4 Å². The predicted octanol–water partition coefficient (Wildman–Crippen LogP) is 2.72. The number of ether oxygens (including phenoxy) is 1. The van der Waals surface area contributed by atoms with E-state index in [0.29, 0.717) is 17.6 Å². The minimum atomic E-state index is -0.593. The Morgan fingerprint density at radius 1 is 1.41 bits per heavy atom. The lowest BCUT2D eigenvalue weighted by Crippen LogP contribution is -2.27. The van der Waals surface area contributed by atoms with Crippen LogP contribution in [0.4, 0.5) is 8.78 Å². The average Bonchev–Trinajstić information content (AvgIpc) is 2.29. The molecule has 1 N–H and O–H groups in total. The van der Waals surface area contributed by atoms with Crippen molar-refractivity contribution in [3.8, 4) is 0 Å². The molecule has 0 spiro atoms. The van der Waals surface area contributed by atoms with Crippen LogP contribution in [0.3, 0.4) is 0 Å². The molecule has 1 aromatic rings. The van der Waals surface area contributed by atoms with Crippen LogP contribution in [0.5, 0.6) is 0 Å². The minimum absolute atomic E-state index is 0.0587. The third kappa shape index (κ3) is 2.47. The Balaban J connectivity index is 2.26. The summed E-state index contributed by atoms with van der Waals surface area (Å²) in [5.41, 5.74) is 1.05. The van der Waals surface area contributed by atoms with Crippen molar-refractivity contribution in [2.75, 3.05) is 6.61 Å². The fourth-order valence-electron chi connectivity index (χ4n) is 1.98. The first-order chi connectivity index (χ1) is 8.11. The van der Waals surface area contributed by atoms with Gasteiger partial charge in [0.15, 0.2) is 0 Å². The van der Waals surface area contributed by atoms with E-state index in [1.165, 1.54) is 18.4 Å². The van der Waals surface area contributed by atoms with Crippen LogP contribution in [0, 0.1) is 17.6 Å². The Bertz CT molecular complexity index is 443. The van der Waals surface area contributed by atoms with E-state index in [2.05, 4.69) is 0 Å². The second-order valence-electron chi connectivity index (χ2n) is 4.31. The average molecular weight is 240 g/mol. The molecule has 0 saturated heterocycles. The third-order valence-electron chi connectivity index (χ3n) is 3.02. The zero-order chi connectivity index (χ0) is 12.4. The highest BCUT2D eigenvalue weighted by molar-refractivity contribution is 5.66. The van der Waals surface area contributed by atoms with Crippen LogP contribution in [-0.2, 0) is 4.74 Å². The molecule has 1 heterocycles. The maximum absolute atomic E-state index is 13.6. The molecule has 0 aliphatic carbocycles. The summed E-state index contributed by atoms with van der Waals surface area (Å²) in [4.78, 5) is 0. The smallest absolute Gasteiger partial charge is 0.133 e. The lowest BCUT2D eigenvalue weighted by Gasteiger charge is -2.28. The van der Waals surface area contributed by atoms with E-state index in [4.69, 9.17) is 9.84 Å². The number of hydrogen-bond acceptors (Lipinski definition) is 2. The summed E-state index contributed by atoms with van der Waals surface area (Å²) in [7, 11) is 0. The van der Waals surface area contributed by atoms with E-state index in [-0.39, 0.29) is 18.6 Å². The molecule has 1 aromatic carbocycles. The molecular formula is C13H14F2O2. The lowest BCUT2D eigenvalue weighted by atomic mass is 9.90. The van der Waals surface area contributed by atoms with Gasteiger partial charge in [0.1, 0.15) is 17.7 Å². The van der Waals surface area contributed by atoms with Crippen molar-refractivity contribution >= 4 is 5.57 Å². The summed E-state index contributed by atoms with van der Waals surface area (Å²) in [5, 5.41) is 9.03. The van der Waals surface area contributed by atoms with Crippen molar-refractivity contribution in [1.29, 1.82) is 0 Å². The predicted molar refractivity (Wildman–Crippen MR) is 60.1 cm³/mol. The molecule has 2 rings (SSSR count). The molecule has 92 valence electrons. The summed E-state index contributed by atoms with van der Waals surface area (Å²) >= 11 is 0. The third-order valence-corrected chi connectivity index (χ3v) is 3.02. The van der Waals surface area contributed by atoms with E-state index in [9.17, 15) is 8.78 Å². The molecule has 2 nitrogen and oxygen atoms in total.